The van der Waals surface area contributed by atoms with E-state index in [0.29, 0.717) is 6.42 Å². The molecular weight excluding hydrogens is 407 g/mol. The van der Waals surface area contributed by atoms with Gasteiger partial charge >= 0.3 is 8.25 Å². The average molecular weight is 432 g/mol. The Kier molecular flexibility index (Phi) is 6.97. The Morgan fingerprint density at radius 2 is 2.17 bits per heavy atom. The molecule has 0 spiro atoms. The van der Waals surface area contributed by atoms with Crippen LogP contribution in [0.1, 0.15) is 29.5 Å². The molecule has 3 aliphatic heterocycles. The number of rotatable bonds is 7. The van der Waals surface area contributed by atoms with Crippen LogP contribution in [0.2, 0.25) is 0 Å². The van der Waals surface area contributed by atoms with E-state index in [4.69, 9.17) is 34.2 Å². The Labute approximate surface area is 179 Å². The Bertz CT molecular complexity index is 787. The van der Waals surface area contributed by atoms with E-state index < -0.39 is 44.2 Å². The molecule has 7 atom stereocenters. The smallest absolute Gasteiger partial charge is 0.394 e. The van der Waals surface area contributed by atoms with Gasteiger partial charge in [-0.25, -0.2) is 0 Å². The molecular formula is C19H25B2NO7P+. The molecule has 1 aromatic rings. The first-order chi connectivity index (χ1) is 14.4. The number of benzene rings is 1. The maximum absolute atomic E-state index is 12.2. The van der Waals surface area contributed by atoms with Crippen LogP contribution in [0.5, 0.6) is 0 Å². The summed E-state index contributed by atoms with van der Waals surface area (Å²) >= 11 is 0. The van der Waals surface area contributed by atoms with Gasteiger partial charge in [0.1, 0.15) is 40.6 Å². The van der Waals surface area contributed by atoms with Crippen molar-refractivity contribution in [3.63, 3.8) is 0 Å². The van der Waals surface area contributed by atoms with Crippen molar-refractivity contribution in [2.45, 2.75) is 61.7 Å². The van der Waals surface area contributed by atoms with Crippen LogP contribution in [0.3, 0.4) is 0 Å². The number of hydrogen-bond donors (Lipinski definition) is 3. The van der Waals surface area contributed by atoms with Gasteiger partial charge in [-0.15, -0.1) is 9.05 Å². The number of hydrogen-bond acceptors (Lipinski definition) is 8. The highest BCUT2D eigenvalue weighted by Gasteiger charge is 2.46. The van der Waals surface area contributed by atoms with Gasteiger partial charge in [0.15, 0.2) is 0 Å². The average Bonchev–Trinajstić information content (AvgIpc) is 3.24. The maximum Gasteiger partial charge on any atom is 0.697 e. The lowest BCUT2D eigenvalue weighted by molar-refractivity contribution is -0.0381. The van der Waals surface area contributed by atoms with Gasteiger partial charge in [0, 0.05) is 23.5 Å². The van der Waals surface area contributed by atoms with Crippen molar-refractivity contribution in [2.75, 3.05) is 19.8 Å². The summed E-state index contributed by atoms with van der Waals surface area (Å²) in [5.74, 6) is 0. The molecule has 3 aliphatic rings. The highest BCUT2D eigenvalue weighted by molar-refractivity contribution is 7.33. The lowest BCUT2D eigenvalue weighted by atomic mass is 9.72. The molecule has 4 rings (SSSR count). The van der Waals surface area contributed by atoms with Crippen molar-refractivity contribution in [3.8, 4) is 0 Å². The minimum absolute atomic E-state index is 0.148. The third-order valence-corrected chi connectivity index (χ3v) is 6.66. The molecule has 11 heteroatoms. The molecule has 1 aromatic carbocycles. The van der Waals surface area contributed by atoms with Crippen LogP contribution < -0.4 is 5.32 Å². The van der Waals surface area contributed by atoms with Crippen molar-refractivity contribution in [1.82, 2.24) is 5.32 Å². The van der Waals surface area contributed by atoms with E-state index in [1.807, 2.05) is 12.1 Å². The second-order valence-electron chi connectivity index (χ2n) is 8.02. The maximum atomic E-state index is 12.2. The third kappa shape index (κ3) is 4.81. The van der Waals surface area contributed by atoms with Crippen molar-refractivity contribution in [3.05, 3.63) is 34.9 Å². The van der Waals surface area contributed by atoms with E-state index in [2.05, 4.69) is 11.4 Å². The van der Waals surface area contributed by atoms with Gasteiger partial charge < -0.3 is 25.0 Å². The second kappa shape index (κ2) is 9.35. The zero-order valence-electron chi connectivity index (χ0n) is 16.6. The predicted octanol–water partition coefficient (Wildman–Crippen LogP) is 0.138. The van der Waals surface area contributed by atoms with Crippen LogP contribution >= 0.6 is 8.25 Å². The van der Waals surface area contributed by atoms with Crippen LogP contribution in [-0.2, 0) is 41.6 Å². The highest BCUT2D eigenvalue weighted by atomic mass is 31.1. The number of aliphatic hydroxyl groups is 2. The number of aliphatic hydroxyl groups excluding tert-OH is 2. The largest absolute Gasteiger partial charge is 0.697 e. The lowest BCUT2D eigenvalue weighted by Crippen LogP contribution is -2.30. The SMILES string of the molecule is [B][C@H]1CC(O[P+](=O)OC[C@H]2O[C@]([B])(c3ccc4c(c3)CNCC4)CC2O)[C@@H](CO)O1. The monoisotopic (exact) mass is 432 g/mol. The summed E-state index contributed by atoms with van der Waals surface area (Å²) in [7, 11) is 9.62. The van der Waals surface area contributed by atoms with Crippen molar-refractivity contribution in [2.24, 2.45) is 0 Å². The molecule has 3 heterocycles. The summed E-state index contributed by atoms with van der Waals surface area (Å²) in [6.45, 7) is 1.28. The summed E-state index contributed by atoms with van der Waals surface area (Å²) in [6.07, 6.45) is -1.43. The fourth-order valence-electron chi connectivity index (χ4n) is 4.21. The Morgan fingerprint density at radius 1 is 1.33 bits per heavy atom. The first-order valence-corrected chi connectivity index (χ1v) is 11.2. The van der Waals surface area contributed by atoms with Crippen LogP contribution in [0.4, 0.5) is 0 Å². The van der Waals surface area contributed by atoms with E-state index in [1.165, 1.54) is 11.1 Å². The van der Waals surface area contributed by atoms with E-state index in [-0.39, 0.29) is 19.6 Å². The Hall–Kier alpha value is -0.830. The lowest BCUT2D eigenvalue weighted by Gasteiger charge is -2.28. The summed E-state index contributed by atoms with van der Waals surface area (Å²) in [6, 6.07) is 5.41. The minimum Gasteiger partial charge on any atom is -0.394 e. The van der Waals surface area contributed by atoms with Crippen LogP contribution in [-0.4, -0.2) is 76.1 Å². The molecule has 158 valence electrons. The summed E-state index contributed by atoms with van der Waals surface area (Å²) in [5.41, 5.74) is 2.09. The van der Waals surface area contributed by atoms with Crippen LogP contribution in [0.25, 0.3) is 0 Å². The second-order valence-corrected chi connectivity index (χ2v) is 8.94. The fourth-order valence-corrected chi connectivity index (χ4v) is 4.98. The summed E-state index contributed by atoms with van der Waals surface area (Å²) in [5, 5.41) is 23.0. The van der Waals surface area contributed by atoms with Gasteiger partial charge in [-0.2, -0.15) is 0 Å². The van der Waals surface area contributed by atoms with E-state index >= 15 is 0 Å². The molecule has 3 N–H and O–H groups in total. The molecule has 0 saturated carbocycles. The standard InChI is InChI=1S/C19H25B2NO7P/c20-18-6-15(16(9-23)27-18)29-30(25)26-10-17-14(24)7-19(21,28-17)13-2-1-11-3-4-22-8-12(11)5-13/h1-2,5,14-18,22-24H,3-4,6-10H2/q+1/t14?,15?,16-,17-,18-,19+/m1/s1. The first kappa shape index (κ1) is 22.4. The molecule has 0 aromatic heterocycles. The van der Waals surface area contributed by atoms with E-state index in [1.54, 1.807) is 0 Å². The van der Waals surface area contributed by atoms with Crippen molar-refractivity contribution >= 4 is 23.9 Å². The minimum atomic E-state index is -2.51. The van der Waals surface area contributed by atoms with Gasteiger partial charge in [-0.3, -0.25) is 0 Å². The van der Waals surface area contributed by atoms with Crippen molar-refractivity contribution < 1.29 is 33.3 Å². The van der Waals surface area contributed by atoms with Gasteiger partial charge in [0.05, 0.1) is 18.2 Å². The van der Waals surface area contributed by atoms with Gasteiger partial charge in [-0.1, -0.05) is 18.2 Å². The fraction of sp³-hybridized carbons (Fsp3) is 0.684. The topological polar surface area (TPSA) is 106 Å². The Morgan fingerprint density at radius 3 is 2.97 bits per heavy atom. The number of nitrogens with one attached hydrogen (secondary N) is 1. The van der Waals surface area contributed by atoms with E-state index in [0.717, 1.165) is 25.1 Å². The number of ether oxygens (including phenoxy) is 2. The van der Waals surface area contributed by atoms with Gasteiger partial charge in [0.2, 0.25) is 0 Å². The normalized spacial score (nSPS) is 36.6. The zero-order chi connectivity index (χ0) is 21.3. The predicted molar refractivity (Wildman–Crippen MR) is 109 cm³/mol. The molecule has 8 nitrogen and oxygen atoms in total. The summed E-state index contributed by atoms with van der Waals surface area (Å²) < 4.78 is 34.0. The van der Waals surface area contributed by atoms with Crippen LogP contribution in [0, 0.1) is 0 Å². The van der Waals surface area contributed by atoms with E-state index in [9.17, 15) is 14.8 Å². The molecule has 0 aliphatic carbocycles. The van der Waals surface area contributed by atoms with Gasteiger partial charge in [0.25, 0.3) is 0 Å². The molecule has 0 bridgehead atoms. The molecule has 30 heavy (non-hydrogen) atoms. The van der Waals surface area contributed by atoms with Crippen LogP contribution in [0.15, 0.2) is 18.2 Å². The molecule has 4 radical (unpaired) electrons. The third-order valence-electron chi connectivity index (χ3n) is 5.86. The molecule has 2 saturated heterocycles. The Balaban J connectivity index is 1.33. The molecule has 3 unspecified atom stereocenters. The quantitative estimate of drug-likeness (QED) is 0.413. The van der Waals surface area contributed by atoms with Gasteiger partial charge in [-0.05, 0) is 36.1 Å². The molecule has 2 fully saturated rings. The van der Waals surface area contributed by atoms with Crippen molar-refractivity contribution in [1.29, 1.82) is 0 Å². The highest BCUT2D eigenvalue weighted by Crippen LogP contribution is 2.40. The summed E-state index contributed by atoms with van der Waals surface area (Å²) in [4.78, 5) is 0. The molecule has 0 amide bonds. The zero-order valence-corrected chi connectivity index (χ0v) is 17.5. The first-order valence-electron chi connectivity index (χ1n) is 10.1. The number of fused-ring (bicyclic) bond motifs is 1.